The van der Waals surface area contributed by atoms with Crippen LogP contribution >= 0.6 is 11.8 Å². The lowest BCUT2D eigenvalue weighted by Crippen LogP contribution is -2.17. The molecule has 8 heteroatoms. The van der Waals surface area contributed by atoms with E-state index < -0.39 is 6.61 Å². The molecule has 0 bridgehead atoms. The Morgan fingerprint density at radius 1 is 1.32 bits per heavy atom. The van der Waals surface area contributed by atoms with E-state index in [2.05, 4.69) is 15.0 Å². The minimum absolute atomic E-state index is 0.0229. The summed E-state index contributed by atoms with van der Waals surface area (Å²) in [6.45, 7) is -2.92. The zero-order valence-electron chi connectivity index (χ0n) is 13.2. The average molecular weight is 366 g/mol. The number of carbonyl (C=O) groups is 1. The van der Waals surface area contributed by atoms with Crippen LogP contribution in [0.25, 0.3) is 0 Å². The van der Waals surface area contributed by atoms with Crippen molar-refractivity contribution in [2.24, 2.45) is 0 Å². The largest absolute Gasteiger partial charge is 0.473 e. The molecule has 1 aromatic carbocycles. The Morgan fingerprint density at radius 3 is 2.96 bits per heavy atom. The van der Waals surface area contributed by atoms with Crippen LogP contribution < -0.4 is 14.8 Å². The molecular weight excluding hydrogens is 350 g/mol. The van der Waals surface area contributed by atoms with Gasteiger partial charge in [0.25, 0.3) is 5.91 Å². The molecule has 1 amide bonds. The number of nitrogens with zero attached hydrogens (tertiary/aromatic N) is 1. The number of alkyl halides is 2. The Balaban J connectivity index is 1.66. The van der Waals surface area contributed by atoms with Gasteiger partial charge in [0.1, 0.15) is 11.9 Å². The van der Waals surface area contributed by atoms with Crippen molar-refractivity contribution in [1.82, 2.24) is 4.98 Å². The molecule has 1 unspecified atom stereocenters. The molecule has 2 aromatic rings. The van der Waals surface area contributed by atoms with E-state index in [-0.39, 0.29) is 17.8 Å². The number of halogens is 2. The Labute approximate surface area is 147 Å². The summed E-state index contributed by atoms with van der Waals surface area (Å²) in [5.74, 6) is 1.96. The van der Waals surface area contributed by atoms with E-state index in [9.17, 15) is 13.6 Å². The molecule has 0 aliphatic carbocycles. The van der Waals surface area contributed by atoms with Gasteiger partial charge in [-0.2, -0.15) is 20.5 Å². The Hall–Kier alpha value is -2.35. The fraction of sp³-hybridized carbons (Fsp3) is 0.294. The van der Waals surface area contributed by atoms with E-state index in [4.69, 9.17) is 4.74 Å². The number of hydrogen-bond acceptors (Lipinski definition) is 5. The highest BCUT2D eigenvalue weighted by molar-refractivity contribution is 7.99. The summed E-state index contributed by atoms with van der Waals surface area (Å²) in [7, 11) is 0. The van der Waals surface area contributed by atoms with E-state index in [1.807, 2.05) is 11.8 Å². The van der Waals surface area contributed by atoms with Crippen LogP contribution in [0.2, 0.25) is 0 Å². The molecule has 3 rings (SSSR count). The second-order valence-electron chi connectivity index (χ2n) is 5.35. The number of anilines is 1. The van der Waals surface area contributed by atoms with Gasteiger partial charge in [-0.3, -0.25) is 4.79 Å². The summed E-state index contributed by atoms with van der Waals surface area (Å²) in [4.78, 5) is 16.5. The Bertz CT molecular complexity index is 739. The molecule has 1 aliphatic rings. The molecule has 0 saturated carbocycles. The van der Waals surface area contributed by atoms with E-state index >= 15 is 0 Å². The first-order chi connectivity index (χ1) is 12.1. The zero-order valence-corrected chi connectivity index (χ0v) is 14.0. The van der Waals surface area contributed by atoms with Crippen LogP contribution in [-0.4, -0.2) is 35.1 Å². The molecule has 132 valence electrons. The summed E-state index contributed by atoms with van der Waals surface area (Å²) in [6.07, 6.45) is 2.57. The molecule has 25 heavy (non-hydrogen) atoms. The van der Waals surface area contributed by atoms with Crippen LogP contribution in [0.4, 0.5) is 14.5 Å². The SMILES string of the molecule is O=C(Nc1cccc(OC(F)F)c1)c1ccnc(OC2CCSC2)c1. The third-order valence-electron chi connectivity index (χ3n) is 3.49. The lowest BCUT2D eigenvalue weighted by Gasteiger charge is -2.12. The van der Waals surface area contributed by atoms with Gasteiger partial charge in [0.2, 0.25) is 5.88 Å². The van der Waals surface area contributed by atoms with Gasteiger partial charge < -0.3 is 14.8 Å². The quantitative estimate of drug-likeness (QED) is 0.842. The van der Waals surface area contributed by atoms with Gasteiger partial charge in [-0.1, -0.05) is 6.07 Å². The van der Waals surface area contributed by atoms with Gasteiger partial charge in [0.05, 0.1) is 0 Å². The molecule has 2 heterocycles. The number of nitrogens with one attached hydrogen (secondary N) is 1. The molecule has 0 spiro atoms. The predicted molar refractivity (Wildman–Crippen MR) is 91.6 cm³/mol. The third kappa shape index (κ3) is 5.06. The number of thioether (sulfide) groups is 1. The van der Waals surface area contributed by atoms with Crippen LogP contribution in [0.3, 0.4) is 0 Å². The Kier molecular flexibility index (Phi) is 5.70. The number of carbonyl (C=O) groups excluding carboxylic acids is 1. The molecule has 1 saturated heterocycles. The summed E-state index contributed by atoms with van der Waals surface area (Å²) >= 11 is 1.82. The average Bonchev–Trinajstić information content (AvgIpc) is 3.08. The van der Waals surface area contributed by atoms with E-state index in [0.717, 1.165) is 17.9 Å². The summed E-state index contributed by atoms with van der Waals surface area (Å²) in [5.41, 5.74) is 0.727. The first kappa shape index (κ1) is 17.5. The number of rotatable bonds is 6. The maximum absolute atomic E-state index is 12.3. The topological polar surface area (TPSA) is 60.5 Å². The summed E-state index contributed by atoms with van der Waals surface area (Å²) in [6, 6.07) is 8.96. The summed E-state index contributed by atoms with van der Waals surface area (Å²) < 4.78 is 34.6. The molecule has 1 N–H and O–H groups in total. The van der Waals surface area contributed by atoms with Crippen LogP contribution in [0, 0.1) is 0 Å². The van der Waals surface area contributed by atoms with Crippen LogP contribution in [-0.2, 0) is 0 Å². The maximum atomic E-state index is 12.3. The van der Waals surface area contributed by atoms with Gasteiger partial charge in [0.15, 0.2) is 0 Å². The minimum atomic E-state index is -2.92. The van der Waals surface area contributed by atoms with Crippen molar-refractivity contribution >= 4 is 23.4 Å². The molecular formula is C17H16F2N2O3S. The van der Waals surface area contributed by atoms with Crippen LogP contribution in [0.15, 0.2) is 42.6 Å². The fourth-order valence-electron chi connectivity index (χ4n) is 2.35. The lowest BCUT2D eigenvalue weighted by molar-refractivity contribution is -0.0497. The highest BCUT2D eigenvalue weighted by atomic mass is 32.2. The number of pyridine rings is 1. The van der Waals surface area contributed by atoms with E-state index in [0.29, 0.717) is 17.1 Å². The molecule has 0 radical (unpaired) electrons. The monoisotopic (exact) mass is 366 g/mol. The highest BCUT2D eigenvalue weighted by Crippen LogP contribution is 2.23. The number of benzene rings is 1. The first-order valence-electron chi connectivity index (χ1n) is 7.67. The second-order valence-corrected chi connectivity index (χ2v) is 6.50. The van der Waals surface area contributed by atoms with Crippen molar-refractivity contribution in [1.29, 1.82) is 0 Å². The van der Waals surface area contributed by atoms with Crippen molar-refractivity contribution in [3.63, 3.8) is 0 Å². The van der Waals surface area contributed by atoms with Crippen molar-refractivity contribution in [2.75, 3.05) is 16.8 Å². The van der Waals surface area contributed by atoms with Crippen molar-refractivity contribution < 1.29 is 23.0 Å². The van der Waals surface area contributed by atoms with Gasteiger partial charge in [-0.05, 0) is 30.4 Å². The fourth-order valence-corrected chi connectivity index (χ4v) is 3.44. The lowest BCUT2D eigenvalue weighted by atomic mass is 10.2. The summed E-state index contributed by atoms with van der Waals surface area (Å²) in [5, 5.41) is 2.64. The van der Waals surface area contributed by atoms with Gasteiger partial charge in [-0.15, -0.1) is 0 Å². The highest BCUT2D eigenvalue weighted by Gasteiger charge is 2.18. The normalized spacial score (nSPS) is 16.7. The van der Waals surface area contributed by atoms with Crippen molar-refractivity contribution in [3.8, 4) is 11.6 Å². The van der Waals surface area contributed by atoms with E-state index in [1.54, 1.807) is 18.2 Å². The van der Waals surface area contributed by atoms with Crippen molar-refractivity contribution in [2.45, 2.75) is 19.1 Å². The smallest absolute Gasteiger partial charge is 0.387 e. The Morgan fingerprint density at radius 2 is 2.20 bits per heavy atom. The predicted octanol–water partition coefficient (Wildman–Crippen LogP) is 3.82. The minimum Gasteiger partial charge on any atom is -0.473 e. The first-order valence-corrected chi connectivity index (χ1v) is 8.82. The van der Waals surface area contributed by atoms with Gasteiger partial charge >= 0.3 is 6.61 Å². The number of ether oxygens (including phenoxy) is 2. The van der Waals surface area contributed by atoms with E-state index in [1.165, 1.54) is 24.4 Å². The number of amides is 1. The number of hydrogen-bond donors (Lipinski definition) is 1. The molecule has 1 atom stereocenters. The zero-order chi connectivity index (χ0) is 17.6. The van der Waals surface area contributed by atoms with Crippen molar-refractivity contribution in [3.05, 3.63) is 48.2 Å². The molecule has 5 nitrogen and oxygen atoms in total. The van der Waals surface area contributed by atoms with Gasteiger partial charge in [-0.25, -0.2) is 4.98 Å². The maximum Gasteiger partial charge on any atom is 0.387 e. The molecule has 1 aromatic heterocycles. The van der Waals surface area contributed by atoms with Crippen LogP contribution in [0.1, 0.15) is 16.8 Å². The standard InChI is InChI=1S/C17H16F2N2O3S/c18-17(19)24-13-3-1-2-12(9-13)21-16(22)11-4-6-20-15(8-11)23-14-5-7-25-10-14/h1-4,6,8-9,14,17H,5,7,10H2,(H,21,22). The van der Waals surface area contributed by atoms with Gasteiger partial charge in [0, 0.05) is 35.3 Å². The third-order valence-corrected chi connectivity index (χ3v) is 4.62. The second kappa shape index (κ2) is 8.15. The number of aromatic nitrogens is 1. The van der Waals surface area contributed by atoms with Crippen LogP contribution in [0.5, 0.6) is 11.6 Å². The molecule has 1 aliphatic heterocycles. The molecule has 1 fully saturated rings.